The lowest BCUT2D eigenvalue weighted by Gasteiger charge is -2.07. The maximum absolute atomic E-state index is 12.9. The SMILES string of the molecule is O=S(=O)(Nc1cn[nH]c1)c1ccc(F)cc1Br. The van der Waals surface area contributed by atoms with E-state index in [4.69, 9.17) is 0 Å². The number of anilines is 1. The first-order chi connectivity index (χ1) is 7.99. The summed E-state index contributed by atoms with van der Waals surface area (Å²) in [5, 5.41) is 6.09. The fraction of sp³-hybridized carbons (Fsp3) is 0. The third-order valence-corrected chi connectivity index (χ3v) is 4.29. The second-order valence-electron chi connectivity index (χ2n) is 3.17. The van der Waals surface area contributed by atoms with Crippen LogP contribution in [0.3, 0.4) is 0 Å². The van der Waals surface area contributed by atoms with Crippen molar-refractivity contribution in [2.45, 2.75) is 4.90 Å². The van der Waals surface area contributed by atoms with Crippen LogP contribution < -0.4 is 4.72 Å². The predicted molar refractivity (Wildman–Crippen MR) is 63.5 cm³/mol. The molecule has 1 aromatic heterocycles. The van der Waals surface area contributed by atoms with Crippen molar-refractivity contribution < 1.29 is 12.8 Å². The molecule has 0 bridgehead atoms. The molecule has 0 atom stereocenters. The van der Waals surface area contributed by atoms with Gasteiger partial charge in [-0.15, -0.1) is 0 Å². The molecule has 1 heterocycles. The monoisotopic (exact) mass is 319 g/mol. The van der Waals surface area contributed by atoms with Gasteiger partial charge in [0.15, 0.2) is 0 Å². The molecular formula is C9H7BrFN3O2S. The van der Waals surface area contributed by atoms with E-state index >= 15 is 0 Å². The number of H-pyrrole nitrogens is 1. The molecule has 0 aliphatic heterocycles. The third kappa shape index (κ3) is 2.64. The lowest BCUT2D eigenvalue weighted by molar-refractivity contribution is 0.599. The quantitative estimate of drug-likeness (QED) is 0.909. The Balaban J connectivity index is 2.38. The van der Waals surface area contributed by atoms with Crippen molar-refractivity contribution in [2.24, 2.45) is 0 Å². The molecule has 90 valence electrons. The molecule has 0 radical (unpaired) electrons. The average Bonchev–Trinajstić information content (AvgIpc) is 2.68. The zero-order chi connectivity index (χ0) is 12.5. The Kier molecular flexibility index (Phi) is 3.16. The van der Waals surface area contributed by atoms with Crippen molar-refractivity contribution in [3.05, 3.63) is 40.9 Å². The Hall–Kier alpha value is -1.41. The summed E-state index contributed by atoms with van der Waals surface area (Å²) < 4.78 is 39.2. The fourth-order valence-corrected chi connectivity index (χ4v) is 3.29. The molecule has 2 rings (SSSR count). The molecule has 2 N–H and O–H groups in total. The summed E-state index contributed by atoms with van der Waals surface area (Å²) in [5.41, 5.74) is 0.307. The molecule has 5 nitrogen and oxygen atoms in total. The number of sulfonamides is 1. The number of hydrogen-bond acceptors (Lipinski definition) is 3. The predicted octanol–water partition coefficient (Wildman–Crippen LogP) is 2.11. The van der Waals surface area contributed by atoms with Crippen molar-refractivity contribution in [1.82, 2.24) is 10.2 Å². The molecule has 0 amide bonds. The maximum Gasteiger partial charge on any atom is 0.263 e. The Labute approximate surface area is 105 Å². The Morgan fingerprint density at radius 1 is 1.41 bits per heavy atom. The van der Waals surface area contributed by atoms with Crippen LogP contribution in [0.25, 0.3) is 0 Å². The molecule has 0 aliphatic rings. The number of halogens is 2. The number of aromatic amines is 1. The summed E-state index contributed by atoms with van der Waals surface area (Å²) in [4.78, 5) is -0.0416. The second-order valence-corrected chi connectivity index (χ2v) is 5.67. The lowest BCUT2D eigenvalue weighted by atomic mass is 10.3. The van der Waals surface area contributed by atoms with Crippen LogP contribution in [0.4, 0.5) is 10.1 Å². The van der Waals surface area contributed by atoms with Crippen LogP contribution in [-0.2, 0) is 10.0 Å². The molecule has 1 aromatic carbocycles. The molecule has 0 saturated heterocycles. The van der Waals surface area contributed by atoms with Crippen LogP contribution in [0, 0.1) is 5.82 Å². The van der Waals surface area contributed by atoms with Crippen LogP contribution in [0.1, 0.15) is 0 Å². The van der Waals surface area contributed by atoms with E-state index in [1.54, 1.807) is 0 Å². The van der Waals surface area contributed by atoms with E-state index in [2.05, 4.69) is 30.8 Å². The van der Waals surface area contributed by atoms with Crippen molar-refractivity contribution in [2.75, 3.05) is 4.72 Å². The maximum atomic E-state index is 12.9. The molecular weight excluding hydrogens is 313 g/mol. The van der Waals surface area contributed by atoms with Gasteiger partial charge >= 0.3 is 0 Å². The van der Waals surface area contributed by atoms with Gasteiger partial charge in [-0.1, -0.05) is 0 Å². The number of aromatic nitrogens is 2. The van der Waals surface area contributed by atoms with Gasteiger partial charge in [0.25, 0.3) is 10.0 Å². The molecule has 0 fully saturated rings. The highest BCUT2D eigenvalue weighted by atomic mass is 79.9. The largest absolute Gasteiger partial charge is 0.284 e. The number of benzene rings is 1. The average molecular weight is 320 g/mol. The van der Waals surface area contributed by atoms with Crippen molar-refractivity contribution in [3.63, 3.8) is 0 Å². The number of rotatable bonds is 3. The van der Waals surface area contributed by atoms with Crippen LogP contribution in [0.5, 0.6) is 0 Å². The normalized spacial score (nSPS) is 11.4. The minimum Gasteiger partial charge on any atom is -0.284 e. The summed E-state index contributed by atoms with van der Waals surface area (Å²) in [6, 6.07) is 3.35. The minimum absolute atomic E-state index is 0.0416. The summed E-state index contributed by atoms with van der Waals surface area (Å²) >= 11 is 3.00. The van der Waals surface area contributed by atoms with Gasteiger partial charge in [0.1, 0.15) is 10.7 Å². The van der Waals surface area contributed by atoms with E-state index in [9.17, 15) is 12.8 Å². The van der Waals surface area contributed by atoms with Gasteiger partial charge in [-0.25, -0.2) is 12.8 Å². The topological polar surface area (TPSA) is 74.8 Å². The Morgan fingerprint density at radius 2 is 2.18 bits per heavy atom. The Morgan fingerprint density at radius 3 is 2.76 bits per heavy atom. The molecule has 2 aromatic rings. The lowest BCUT2D eigenvalue weighted by Crippen LogP contribution is -2.13. The molecule has 0 spiro atoms. The van der Waals surface area contributed by atoms with E-state index in [1.165, 1.54) is 18.5 Å². The number of hydrogen-bond donors (Lipinski definition) is 2. The van der Waals surface area contributed by atoms with E-state index in [1.807, 2.05) is 0 Å². The summed E-state index contributed by atoms with van der Waals surface area (Å²) in [7, 11) is -3.75. The zero-order valence-corrected chi connectivity index (χ0v) is 10.7. The van der Waals surface area contributed by atoms with Crippen molar-refractivity contribution in [3.8, 4) is 0 Å². The highest BCUT2D eigenvalue weighted by Gasteiger charge is 2.18. The van der Waals surface area contributed by atoms with Crippen LogP contribution in [0.2, 0.25) is 0 Å². The fourth-order valence-electron chi connectivity index (χ4n) is 1.21. The van der Waals surface area contributed by atoms with Gasteiger partial charge in [0.05, 0.1) is 11.9 Å². The van der Waals surface area contributed by atoms with Gasteiger partial charge in [-0.2, -0.15) is 5.10 Å². The zero-order valence-electron chi connectivity index (χ0n) is 8.31. The number of nitrogens with zero attached hydrogens (tertiary/aromatic N) is 1. The number of nitrogens with one attached hydrogen (secondary N) is 2. The minimum atomic E-state index is -3.75. The van der Waals surface area contributed by atoms with E-state index in [-0.39, 0.29) is 9.37 Å². The van der Waals surface area contributed by atoms with E-state index < -0.39 is 15.8 Å². The second kappa shape index (κ2) is 4.46. The first-order valence-corrected chi connectivity index (χ1v) is 6.73. The van der Waals surface area contributed by atoms with Gasteiger partial charge in [0, 0.05) is 10.7 Å². The van der Waals surface area contributed by atoms with E-state index in [0.29, 0.717) is 5.69 Å². The summed E-state index contributed by atoms with van der Waals surface area (Å²) in [6.45, 7) is 0. The molecule has 0 saturated carbocycles. The molecule has 0 unspecified atom stereocenters. The first kappa shape index (κ1) is 12.1. The van der Waals surface area contributed by atoms with Crippen LogP contribution >= 0.6 is 15.9 Å². The highest BCUT2D eigenvalue weighted by Crippen LogP contribution is 2.24. The van der Waals surface area contributed by atoms with Gasteiger partial charge in [-0.3, -0.25) is 9.82 Å². The van der Waals surface area contributed by atoms with Gasteiger partial charge in [-0.05, 0) is 34.1 Å². The van der Waals surface area contributed by atoms with Gasteiger partial charge in [0.2, 0.25) is 0 Å². The Bertz CT molecular complexity index is 628. The summed E-state index contributed by atoms with van der Waals surface area (Å²) in [5.74, 6) is -0.515. The molecule has 0 aliphatic carbocycles. The van der Waals surface area contributed by atoms with Gasteiger partial charge < -0.3 is 0 Å². The van der Waals surface area contributed by atoms with Crippen LogP contribution in [-0.4, -0.2) is 18.6 Å². The first-order valence-electron chi connectivity index (χ1n) is 4.46. The van der Waals surface area contributed by atoms with Crippen molar-refractivity contribution >= 4 is 31.6 Å². The summed E-state index contributed by atoms with van der Waals surface area (Å²) in [6.07, 6.45) is 2.73. The van der Waals surface area contributed by atoms with E-state index in [0.717, 1.165) is 12.1 Å². The van der Waals surface area contributed by atoms with Crippen molar-refractivity contribution in [1.29, 1.82) is 0 Å². The molecule has 17 heavy (non-hydrogen) atoms. The standard InChI is InChI=1S/C9H7BrFN3O2S/c10-8-3-6(11)1-2-9(8)17(15,16)14-7-4-12-13-5-7/h1-5,14H,(H,12,13). The highest BCUT2D eigenvalue weighted by molar-refractivity contribution is 9.10. The van der Waals surface area contributed by atoms with Crippen LogP contribution in [0.15, 0.2) is 40.0 Å². The smallest absolute Gasteiger partial charge is 0.263 e. The molecule has 8 heteroatoms. The third-order valence-electron chi connectivity index (χ3n) is 1.93.